The summed E-state index contributed by atoms with van der Waals surface area (Å²) >= 11 is 0. The summed E-state index contributed by atoms with van der Waals surface area (Å²) in [5.74, 6) is -0.160. The molecule has 0 heterocycles. The number of unbranched alkanes of at least 4 members (excludes halogenated alkanes) is 24. The van der Waals surface area contributed by atoms with Gasteiger partial charge in [-0.2, -0.15) is 0 Å². The van der Waals surface area contributed by atoms with Crippen LogP contribution in [0.4, 0.5) is 0 Å². The molecule has 0 amide bonds. The molecule has 0 aliphatic heterocycles. The first-order valence-electron chi connectivity index (χ1n) is 18.3. The zero-order valence-electron chi connectivity index (χ0n) is 27.8. The molecule has 0 bridgehead atoms. The summed E-state index contributed by atoms with van der Waals surface area (Å²) in [7, 11) is 0. The summed E-state index contributed by atoms with van der Waals surface area (Å²) in [6, 6.07) is 0. The molecule has 0 aliphatic rings. The average Bonchev–Trinajstić information content (AvgIpc) is 2.98. The van der Waals surface area contributed by atoms with Gasteiger partial charge >= 0.3 is 5.97 Å². The second-order valence-corrected chi connectivity index (χ2v) is 12.3. The maximum Gasteiger partial charge on any atom is 0.305 e. The first-order chi connectivity index (χ1) is 20.2. The largest absolute Gasteiger partial charge is 0.463 e. The Labute approximate surface area is 256 Å². The molecule has 0 aromatic heterocycles. The van der Waals surface area contributed by atoms with Crippen LogP contribution in [0.1, 0.15) is 194 Å². The summed E-state index contributed by atoms with van der Waals surface area (Å²) in [6.45, 7) is 5.24. The molecule has 0 saturated heterocycles. The van der Waals surface area contributed by atoms with Crippen molar-refractivity contribution in [2.24, 2.45) is 0 Å². The van der Waals surface area contributed by atoms with Gasteiger partial charge < -0.3 is 14.6 Å². The maximum atomic E-state index is 12.0. The summed E-state index contributed by atoms with van der Waals surface area (Å²) in [5, 5.41) is 9.55. The number of aliphatic hydroxyl groups excluding tert-OH is 1. The van der Waals surface area contributed by atoms with E-state index in [0.29, 0.717) is 13.0 Å². The van der Waals surface area contributed by atoms with Crippen molar-refractivity contribution in [2.75, 3.05) is 19.8 Å². The van der Waals surface area contributed by atoms with E-state index in [2.05, 4.69) is 26.0 Å². The lowest BCUT2D eigenvalue weighted by Crippen LogP contribution is -2.26. The van der Waals surface area contributed by atoms with Gasteiger partial charge in [0.1, 0.15) is 12.7 Å². The first-order valence-corrected chi connectivity index (χ1v) is 18.3. The Hall–Kier alpha value is -0.870. The van der Waals surface area contributed by atoms with Gasteiger partial charge in [0, 0.05) is 13.0 Å². The average molecular weight is 581 g/mol. The third-order valence-electron chi connectivity index (χ3n) is 8.13. The minimum Gasteiger partial charge on any atom is -0.463 e. The quantitative estimate of drug-likeness (QED) is 0.0467. The van der Waals surface area contributed by atoms with Crippen molar-refractivity contribution in [1.29, 1.82) is 0 Å². The molecule has 0 fully saturated rings. The van der Waals surface area contributed by atoms with E-state index >= 15 is 0 Å². The molecular weight excluding hydrogens is 508 g/mol. The molecule has 1 atom stereocenters. The summed E-state index contributed by atoms with van der Waals surface area (Å²) in [5.41, 5.74) is 0. The zero-order chi connectivity index (χ0) is 29.9. The van der Waals surface area contributed by atoms with Gasteiger partial charge in [-0.1, -0.05) is 161 Å². The predicted molar refractivity (Wildman–Crippen MR) is 178 cm³/mol. The number of ether oxygens (including phenoxy) is 2. The Balaban J connectivity index is 3.42. The molecule has 41 heavy (non-hydrogen) atoms. The minimum atomic E-state index is -0.395. The number of aliphatic hydroxyl groups is 1. The standard InChI is InChI=1S/C37H72O4/c1-3-5-7-9-11-13-15-17-18-19-21-23-25-27-29-31-33-40-36(34-38)35-41-37(39)32-30-28-26-24-22-20-16-14-12-10-8-6-4-2/h17-18,36,38H,3-16,19-35H2,1-2H3. The Morgan fingerprint density at radius 1 is 0.561 bits per heavy atom. The van der Waals surface area contributed by atoms with Gasteiger partial charge in [0.15, 0.2) is 0 Å². The van der Waals surface area contributed by atoms with Crippen LogP contribution in [0.5, 0.6) is 0 Å². The predicted octanol–water partition coefficient (Wildman–Crippen LogP) is 11.4. The molecule has 0 rings (SSSR count). The highest BCUT2D eigenvalue weighted by Crippen LogP contribution is 2.14. The zero-order valence-corrected chi connectivity index (χ0v) is 27.8. The van der Waals surface area contributed by atoms with Crippen LogP contribution in [0.2, 0.25) is 0 Å². The van der Waals surface area contributed by atoms with E-state index in [4.69, 9.17) is 9.47 Å². The van der Waals surface area contributed by atoms with E-state index in [1.807, 2.05) is 0 Å². The Kier molecular flexibility index (Phi) is 34.6. The summed E-state index contributed by atoms with van der Waals surface area (Å²) in [6.07, 6.45) is 39.7. The van der Waals surface area contributed by atoms with Crippen LogP contribution in [0.25, 0.3) is 0 Å². The van der Waals surface area contributed by atoms with Crippen molar-refractivity contribution in [3.63, 3.8) is 0 Å². The third kappa shape index (κ3) is 33.5. The molecule has 0 spiro atoms. The van der Waals surface area contributed by atoms with Crippen molar-refractivity contribution in [1.82, 2.24) is 0 Å². The van der Waals surface area contributed by atoms with Gasteiger partial charge in [-0.3, -0.25) is 4.79 Å². The number of carbonyl (C=O) groups is 1. The van der Waals surface area contributed by atoms with Gasteiger partial charge in [-0.15, -0.1) is 0 Å². The second kappa shape index (κ2) is 35.3. The highest BCUT2D eigenvalue weighted by Gasteiger charge is 2.11. The highest BCUT2D eigenvalue weighted by atomic mass is 16.6. The summed E-state index contributed by atoms with van der Waals surface area (Å²) in [4.78, 5) is 12.0. The van der Waals surface area contributed by atoms with Crippen molar-refractivity contribution < 1.29 is 19.4 Å². The lowest BCUT2D eigenvalue weighted by atomic mass is 10.0. The number of carbonyl (C=O) groups excluding carboxylic acids is 1. The van der Waals surface area contributed by atoms with Crippen LogP contribution in [0.15, 0.2) is 12.2 Å². The normalized spacial score (nSPS) is 12.4. The lowest BCUT2D eigenvalue weighted by molar-refractivity contribution is -0.149. The van der Waals surface area contributed by atoms with Crippen LogP contribution in [0, 0.1) is 0 Å². The van der Waals surface area contributed by atoms with E-state index < -0.39 is 6.10 Å². The van der Waals surface area contributed by atoms with Crippen LogP contribution >= 0.6 is 0 Å². The lowest BCUT2D eigenvalue weighted by Gasteiger charge is -2.15. The minimum absolute atomic E-state index is 0.0988. The fraction of sp³-hybridized carbons (Fsp3) is 0.919. The number of allylic oxidation sites excluding steroid dienone is 2. The number of hydrogen-bond donors (Lipinski definition) is 1. The molecule has 1 N–H and O–H groups in total. The van der Waals surface area contributed by atoms with E-state index in [9.17, 15) is 9.90 Å². The van der Waals surface area contributed by atoms with Crippen LogP contribution in [0.3, 0.4) is 0 Å². The number of hydrogen-bond acceptors (Lipinski definition) is 4. The van der Waals surface area contributed by atoms with Crippen LogP contribution < -0.4 is 0 Å². The fourth-order valence-electron chi connectivity index (χ4n) is 5.30. The summed E-state index contributed by atoms with van der Waals surface area (Å²) < 4.78 is 11.1. The highest BCUT2D eigenvalue weighted by molar-refractivity contribution is 5.69. The topological polar surface area (TPSA) is 55.8 Å². The molecule has 1 unspecified atom stereocenters. The monoisotopic (exact) mass is 581 g/mol. The molecule has 0 radical (unpaired) electrons. The molecule has 0 aromatic carbocycles. The molecule has 0 aromatic rings. The number of rotatable bonds is 34. The van der Waals surface area contributed by atoms with Crippen molar-refractivity contribution in [3.05, 3.63) is 12.2 Å². The molecular formula is C37H72O4. The van der Waals surface area contributed by atoms with Gasteiger partial charge in [0.25, 0.3) is 0 Å². The third-order valence-corrected chi connectivity index (χ3v) is 8.13. The van der Waals surface area contributed by atoms with E-state index in [0.717, 1.165) is 25.7 Å². The Morgan fingerprint density at radius 3 is 1.39 bits per heavy atom. The Morgan fingerprint density at radius 2 is 0.951 bits per heavy atom. The van der Waals surface area contributed by atoms with E-state index in [1.165, 1.54) is 148 Å². The molecule has 4 heteroatoms. The second-order valence-electron chi connectivity index (χ2n) is 12.3. The molecule has 0 aliphatic carbocycles. The number of esters is 1. The Bertz CT molecular complexity index is 533. The van der Waals surface area contributed by atoms with E-state index in [1.54, 1.807) is 0 Å². The first kappa shape index (κ1) is 40.1. The van der Waals surface area contributed by atoms with Gasteiger partial charge in [-0.05, 0) is 38.5 Å². The van der Waals surface area contributed by atoms with Gasteiger partial charge in [0.05, 0.1) is 6.61 Å². The van der Waals surface area contributed by atoms with Crippen LogP contribution in [-0.4, -0.2) is 37.0 Å². The fourth-order valence-corrected chi connectivity index (χ4v) is 5.30. The van der Waals surface area contributed by atoms with Crippen molar-refractivity contribution in [3.8, 4) is 0 Å². The molecule has 4 nitrogen and oxygen atoms in total. The molecule has 244 valence electrons. The van der Waals surface area contributed by atoms with Crippen molar-refractivity contribution in [2.45, 2.75) is 200 Å². The van der Waals surface area contributed by atoms with Gasteiger partial charge in [-0.25, -0.2) is 0 Å². The smallest absolute Gasteiger partial charge is 0.305 e. The molecule has 0 saturated carbocycles. The SMILES string of the molecule is CCCCCCCCC=CCCCCCCCCOC(CO)COC(=O)CCCCCCCCCCCCCCC. The van der Waals surface area contributed by atoms with Crippen molar-refractivity contribution >= 4 is 5.97 Å². The van der Waals surface area contributed by atoms with Crippen LogP contribution in [-0.2, 0) is 14.3 Å². The van der Waals surface area contributed by atoms with Gasteiger partial charge in [0.2, 0.25) is 0 Å². The maximum absolute atomic E-state index is 12.0. The van der Waals surface area contributed by atoms with E-state index in [-0.39, 0.29) is 19.2 Å².